The van der Waals surface area contributed by atoms with Crippen LogP contribution in [0.2, 0.25) is 0 Å². The molecule has 1 rings (SSSR count). The molecule has 0 amide bonds. The van der Waals surface area contributed by atoms with E-state index in [9.17, 15) is 0 Å². The van der Waals surface area contributed by atoms with Crippen molar-refractivity contribution in [1.29, 1.82) is 0 Å². The second-order valence-electron chi connectivity index (χ2n) is 1.70. The maximum absolute atomic E-state index is 5.31. The minimum atomic E-state index is -0.251. The van der Waals surface area contributed by atoms with Gasteiger partial charge in [0, 0.05) is 0 Å². The van der Waals surface area contributed by atoms with E-state index in [1.807, 2.05) is 5.38 Å². The van der Waals surface area contributed by atoms with Gasteiger partial charge < -0.3 is 0 Å². The summed E-state index contributed by atoms with van der Waals surface area (Å²) in [6.07, 6.45) is 0. The number of thiophene rings is 1. The molecule has 0 atom stereocenters. The molecular weight excluding hydrogens is 378 g/mol. The molecule has 6 heteroatoms. The molecule has 0 aliphatic rings. The monoisotopic (exact) mass is 381 g/mol. The van der Waals surface area contributed by atoms with Crippen molar-refractivity contribution in [2.24, 2.45) is 0 Å². The summed E-state index contributed by atoms with van der Waals surface area (Å²) in [5.41, 5.74) is 0. The van der Waals surface area contributed by atoms with Crippen molar-refractivity contribution < 1.29 is 4.18 Å². The number of hydrogen-bond donors (Lipinski definition) is 0. The van der Waals surface area contributed by atoms with E-state index in [2.05, 4.69) is 51.0 Å². The Morgan fingerprint density at radius 2 is 2.55 bits per heavy atom. The van der Waals surface area contributed by atoms with Gasteiger partial charge in [0.15, 0.2) is 0 Å². The summed E-state index contributed by atoms with van der Waals surface area (Å²) < 4.78 is 6.43. The van der Waals surface area contributed by atoms with Crippen LogP contribution in [0.15, 0.2) is 15.9 Å². The van der Waals surface area contributed by atoms with Gasteiger partial charge in [0.1, 0.15) is 0 Å². The second-order valence-corrected chi connectivity index (χ2v) is 9.75. The van der Waals surface area contributed by atoms with Crippen molar-refractivity contribution >= 4 is 63.6 Å². The van der Waals surface area contributed by atoms with E-state index in [-0.39, 0.29) is 7.32 Å². The molecule has 11 heavy (non-hydrogen) atoms. The predicted octanol–water partition coefficient (Wildman–Crippen LogP) is 4.24. The molecule has 1 aromatic heterocycles. The fourth-order valence-electron chi connectivity index (χ4n) is 0.536. The molecule has 0 radical (unpaired) electrons. The van der Waals surface area contributed by atoms with E-state index >= 15 is 0 Å². The van der Waals surface area contributed by atoms with Gasteiger partial charge >= 0.3 is 95.2 Å². The molecular formula is C5H4BrIOPS2-. The number of halogens is 2. The fraction of sp³-hybridized carbons (Fsp3) is 0.200. The average molecular weight is 382 g/mol. The summed E-state index contributed by atoms with van der Waals surface area (Å²) in [6, 6.07) is 2.06. The number of rotatable bonds is 2. The van der Waals surface area contributed by atoms with Gasteiger partial charge in [-0.2, -0.15) is 0 Å². The Bertz CT molecular complexity index is 305. The zero-order chi connectivity index (χ0) is 8.27. The topological polar surface area (TPSA) is 9.23 Å². The summed E-state index contributed by atoms with van der Waals surface area (Å²) in [7, 11) is 3.87. The van der Waals surface area contributed by atoms with Crippen molar-refractivity contribution in [1.82, 2.24) is 0 Å². The van der Waals surface area contributed by atoms with E-state index in [0.717, 1.165) is 4.47 Å². The molecule has 1 heterocycles. The zero-order valence-corrected chi connectivity index (χ0v) is 11.6. The standard InChI is InChI=1S/C5H4BrIOPS2/c6-4-1-5(10-3-4)2-8-11(7)9/h1,3H,2H2/q-1. The van der Waals surface area contributed by atoms with Crippen LogP contribution in [0.25, 0.3) is 0 Å². The summed E-state index contributed by atoms with van der Waals surface area (Å²) in [5.74, 6) is 0. The van der Waals surface area contributed by atoms with Gasteiger partial charge in [-0.15, -0.1) is 0 Å². The van der Waals surface area contributed by atoms with Crippen molar-refractivity contribution in [3.63, 3.8) is 0 Å². The van der Waals surface area contributed by atoms with E-state index < -0.39 is 0 Å². The summed E-state index contributed by atoms with van der Waals surface area (Å²) in [5, 5.41) is 2.04. The first-order valence-electron chi connectivity index (χ1n) is 2.64. The first kappa shape index (κ1) is 10.7. The van der Waals surface area contributed by atoms with E-state index in [0.29, 0.717) is 6.61 Å². The van der Waals surface area contributed by atoms with E-state index in [1.54, 1.807) is 11.3 Å². The molecule has 0 N–H and O–H groups in total. The SMILES string of the molecule is P#[S-](I)OCc1cc(Br)cs1. The molecule has 0 unspecified atom stereocenters. The predicted molar refractivity (Wildman–Crippen MR) is 65.1 cm³/mol. The summed E-state index contributed by atoms with van der Waals surface area (Å²) >= 11 is 7.20. The molecule has 1 nitrogen and oxygen atoms in total. The van der Waals surface area contributed by atoms with Gasteiger partial charge in [-0.3, -0.25) is 0 Å². The Balaban J connectivity index is 2.47. The summed E-state index contributed by atoms with van der Waals surface area (Å²) in [4.78, 5) is 1.22. The van der Waals surface area contributed by atoms with Crippen LogP contribution in [0.3, 0.4) is 0 Å². The van der Waals surface area contributed by atoms with Crippen LogP contribution < -0.4 is 0 Å². The van der Waals surface area contributed by atoms with E-state index in [4.69, 9.17) is 4.18 Å². The van der Waals surface area contributed by atoms with Gasteiger partial charge in [-0.25, -0.2) is 0 Å². The molecule has 1 aromatic rings. The van der Waals surface area contributed by atoms with Crippen LogP contribution in [0.4, 0.5) is 0 Å². The van der Waals surface area contributed by atoms with Gasteiger partial charge in [0.2, 0.25) is 0 Å². The zero-order valence-electron chi connectivity index (χ0n) is 5.29. The van der Waals surface area contributed by atoms with Crippen molar-refractivity contribution in [2.75, 3.05) is 0 Å². The molecule has 0 bridgehead atoms. The van der Waals surface area contributed by atoms with Crippen LogP contribution in [-0.2, 0) is 18.1 Å². The van der Waals surface area contributed by atoms with Gasteiger partial charge in [0.05, 0.1) is 0 Å². The second kappa shape index (κ2) is 5.40. The molecule has 0 saturated heterocycles. The van der Waals surface area contributed by atoms with Crippen LogP contribution in [0.1, 0.15) is 4.88 Å². The molecule has 0 aromatic carbocycles. The van der Waals surface area contributed by atoms with Crippen LogP contribution >= 0.6 is 56.3 Å². The summed E-state index contributed by atoms with van der Waals surface area (Å²) in [6.45, 7) is 0.659. The average Bonchev–Trinajstić information content (AvgIpc) is 2.31. The third kappa shape index (κ3) is 4.43. The Labute approximate surface area is 94.2 Å². The molecule has 0 saturated carbocycles. The Kier molecular flexibility index (Phi) is 5.26. The van der Waals surface area contributed by atoms with Gasteiger partial charge in [-0.05, 0) is 0 Å². The number of hydrogen-bond acceptors (Lipinski definition) is 3. The van der Waals surface area contributed by atoms with Crippen molar-refractivity contribution in [2.45, 2.75) is 6.61 Å². The Hall–Kier alpha value is 1.65. The quantitative estimate of drug-likeness (QED) is 0.423. The third-order valence-electron chi connectivity index (χ3n) is 0.920. The Morgan fingerprint density at radius 1 is 1.82 bits per heavy atom. The maximum atomic E-state index is 5.31. The molecule has 62 valence electrons. The van der Waals surface area contributed by atoms with Crippen LogP contribution in [-0.4, -0.2) is 0 Å². The fourth-order valence-corrected chi connectivity index (χ4v) is 2.74. The van der Waals surface area contributed by atoms with Crippen molar-refractivity contribution in [3.05, 3.63) is 20.8 Å². The molecule has 0 fully saturated rings. The van der Waals surface area contributed by atoms with Crippen LogP contribution in [0.5, 0.6) is 0 Å². The normalized spacial score (nSPS) is 10.7. The van der Waals surface area contributed by atoms with Crippen molar-refractivity contribution in [3.8, 4) is 0 Å². The first-order chi connectivity index (χ1) is 5.18. The minimum absolute atomic E-state index is 0.251. The molecule has 0 aliphatic heterocycles. The third-order valence-corrected chi connectivity index (χ3v) is 3.98. The van der Waals surface area contributed by atoms with E-state index in [1.165, 1.54) is 4.88 Å². The van der Waals surface area contributed by atoms with Crippen LogP contribution in [0, 0.1) is 0 Å². The van der Waals surface area contributed by atoms with Gasteiger partial charge in [-0.1, -0.05) is 0 Å². The Morgan fingerprint density at radius 3 is 3.00 bits per heavy atom. The van der Waals surface area contributed by atoms with Gasteiger partial charge in [0.25, 0.3) is 0 Å². The first-order valence-corrected chi connectivity index (χ1v) is 9.06. The molecule has 0 spiro atoms. The molecule has 0 aliphatic carbocycles.